The van der Waals surface area contributed by atoms with Crippen LogP contribution in [0.25, 0.3) is 31.7 Å². The standard InChI is InChI=1S/C21H17ClN2O3S/c1-27-12-4-11-24-19(13-7-9-14(22)10-8-13)23-20-17(21(24)26)18(25)15-5-2-3-6-16(15)28-20/h2-3,5-10H,4,11-12H2,1H3. The summed E-state index contributed by atoms with van der Waals surface area (Å²) in [5, 5.41) is 1.29. The van der Waals surface area contributed by atoms with Gasteiger partial charge in [0.1, 0.15) is 16.0 Å². The van der Waals surface area contributed by atoms with E-state index in [4.69, 9.17) is 21.3 Å². The van der Waals surface area contributed by atoms with Crippen LogP contribution in [0.1, 0.15) is 6.42 Å². The molecule has 4 aromatic rings. The van der Waals surface area contributed by atoms with Crippen molar-refractivity contribution in [3.8, 4) is 11.4 Å². The molecule has 0 aliphatic rings. The molecule has 0 aliphatic heterocycles. The number of fused-ring (bicyclic) bond motifs is 2. The van der Waals surface area contributed by atoms with E-state index in [1.165, 1.54) is 11.3 Å². The van der Waals surface area contributed by atoms with Gasteiger partial charge in [-0.05, 0) is 42.8 Å². The van der Waals surface area contributed by atoms with Gasteiger partial charge in [-0.25, -0.2) is 4.98 Å². The molecule has 0 N–H and O–H groups in total. The van der Waals surface area contributed by atoms with Gasteiger partial charge < -0.3 is 4.74 Å². The van der Waals surface area contributed by atoms with E-state index in [1.807, 2.05) is 24.3 Å². The maximum absolute atomic E-state index is 13.3. The molecule has 2 heterocycles. The Hall–Kier alpha value is -2.54. The van der Waals surface area contributed by atoms with Gasteiger partial charge in [0.25, 0.3) is 5.56 Å². The van der Waals surface area contributed by atoms with Crippen LogP contribution in [-0.4, -0.2) is 23.3 Å². The number of methoxy groups -OCH3 is 1. The van der Waals surface area contributed by atoms with Gasteiger partial charge in [0.15, 0.2) is 0 Å². The second kappa shape index (κ2) is 7.83. The molecule has 0 fully saturated rings. The van der Waals surface area contributed by atoms with Crippen LogP contribution in [0.3, 0.4) is 0 Å². The minimum Gasteiger partial charge on any atom is -0.385 e. The zero-order valence-electron chi connectivity index (χ0n) is 15.1. The van der Waals surface area contributed by atoms with E-state index in [0.717, 1.165) is 10.3 Å². The molecule has 2 aromatic heterocycles. The van der Waals surface area contributed by atoms with E-state index in [9.17, 15) is 9.59 Å². The van der Waals surface area contributed by atoms with Crippen LogP contribution >= 0.6 is 22.9 Å². The molecule has 0 bridgehead atoms. The summed E-state index contributed by atoms with van der Waals surface area (Å²) in [7, 11) is 1.62. The first-order valence-electron chi connectivity index (χ1n) is 8.81. The Morgan fingerprint density at radius 1 is 1.11 bits per heavy atom. The fraction of sp³-hybridized carbons (Fsp3) is 0.190. The van der Waals surface area contributed by atoms with Gasteiger partial charge >= 0.3 is 0 Å². The molecular weight excluding hydrogens is 396 g/mol. The maximum Gasteiger partial charge on any atom is 0.266 e. The van der Waals surface area contributed by atoms with Crippen molar-refractivity contribution in [3.63, 3.8) is 0 Å². The van der Waals surface area contributed by atoms with Crippen molar-refractivity contribution < 1.29 is 4.74 Å². The van der Waals surface area contributed by atoms with Gasteiger partial charge in [-0.3, -0.25) is 14.2 Å². The van der Waals surface area contributed by atoms with Crippen molar-refractivity contribution in [2.45, 2.75) is 13.0 Å². The predicted octanol–water partition coefficient (Wildman–Crippen LogP) is 4.33. The minimum absolute atomic E-state index is 0.138. The first kappa shape index (κ1) is 18.8. The van der Waals surface area contributed by atoms with E-state index in [-0.39, 0.29) is 16.4 Å². The van der Waals surface area contributed by atoms with Crippen molar-refractivity contribution in [3.05, 3.63) is 74.1 Å². The third-order valence-electron chi connectivity index (χ3n) is 4.53. The molecule has 0 atom stereocenters. The number of rotatable bonds is 5. The predicted molar refractivity (Wildman–Crippen MR) is 115 cm³/mol. The van der Waals surface area contributed by atoms with E-state index in [0.29, 0.717) is 40.6 Å². The average Bonchev–Trinajstić information content (AvgIpc) is 2.70. The summed E-state index contributed by atoms with van der Waals surface area (Å²) in [5.41, 5.74) is 0.177. The summed E-state index contributed by atoms with van der Waals surface area (Å²) >= 11 is 7.36. The minimum atomic E-state index is -0.321. The Labute approximate surface area is 169 Å². The van der Waals surface area contributed by atoms with Crippen molar-refractivity contribution in [2.24, 2.45) is 0 Å². The molecule has 4 rings (SSSR count). The summed E-state index contributed by atoms with van der Waals surface area (Å²) < 4.78 is 7.49. The molecular formula is C21H17ClN2O3S. The third kappa shape index (κ3) is 3.35. The lowest BCUT2D eigenvalue weighted by Gasteiger charge is -2.13. The third-order valence-corrected chi connectivity index (χ3v) is 5.85. The Bertz CT molecular complexity index is 1280. The normalized spacial score (nSPS) is 11.4. The lowest BCUT2D eigenvalue weighted by Crippen LogP contribution is -2.27. The Balaban J connectivity index is 2.04. The fourth-order valence-corrected chi connectivity index (χ4v) is 4.34. The number of halogens is 1. The highest BCUT2D eigenvalue weighted by Gasteiger charge is 2.17. The highest BCUT2D eigenvalue weighted by atomic mass is 35.5. The molecule has 142 valence electrons. The highest BCUT2D eigenvalue weighted by molar-refractivity contribution is 7.24. The molecule has 0 aliphatic carbocycles. The van der Waals surface area contributed by atoms with E-state index in [2.05, 4.69) is 0 Å². The first-order chi connectivity index (χ1) is 13.6. The second-order valence-corrected chi connectivity index (χ2v) is 7.82. The van der Waals surface area contributed by atoms with Gasteiger partial charge in [0.05, 0.1) is 0 Å². The van der Waals surface area contributed by atoms with Crippen LogP contribution < -0.4 is 11.0 Å². The molecule has 0 amide bonds. The number of aromatic nitrogens is 2. The monoisotopic (exact) mass is 412 g/mol. The summed E-state index contributed by atoms with van der Waals surface area (Å²) in [4.78, 5) is 31.5. The lowest BCUT2D eigenvalue weighted by molar-refractivity contribution is 0.190. The van der Waals surface area contributed by atoms with Crippen LogP contribution in [0.4, 0.5) is 0 Å². The van der Waals surface area contributed by atoms with E-state index >= 15 is 0 Å². The molecule has 28 heavy (non-hydrogen) atoms. The number of nitrogens with zero attached hydrogens (tertiary/aromatic N) is 2. The fourth-order valence-electron chi connectivity index (χ4n) is 3.18. The van der Waals surface area contributed by atoms with E-state index < -0.39 is 0 Å². The smallest absolute Gasteiger partial charge is 0.266 e. The van der Waals surface area contributed by atoms with Gasteiger partial charge in [0, 0.05) is 40.9 Å². The Morgan fingerprint density at radius 3 is 2.61 bits per heavy atom. The van der Waals surface area contributed by atoms with Crippen LogP contribution in [0.2, 0.25) is 5.02 Å². The molecule has 0 spiro atoms. The van der Waals surface area contributed by atoms with Crippen molar-refractivity contribution >= 4 is 43.2 Å². The topological polar surface area (TPSA) is 61.2 Å². The summed E-state index contributed by atoms with van der Waals surface area (Å²) in [6.45, 7) is 0.916. The van der Waals surface area contributed by atoms with Crippen LogP contribution in [0.15, 0.2) is 58.1 Å². The number of hydrogen-bond acceptors (Lipinski definition) is 5. The number of hydrogen-bond donors (Lipinski definition) is 0. The zero-order valence-corrected chi connectivity index (χ0v) is 16.7. The van der Waals surface area contributed by atoms with Crippen LogP contribution in [0, 0.1) is 0 Å². The zero-order chi connectivity index (χ0) is 19.7. The van der Waals surface area contributed by atoms with Crippen LogP contribution in [0.5, 0.6) is 0 Å². The Morgan fingerprint density at radius 2 is 1.86 bits per heavy atom. The molecule has 0 unspecified atom stereocenters. The van der Waals surface area contributed by atoms with Crippen LogP contribution in [-0.2, 0) is 11.3 Å². The highest BCUT2D eigenvalue weighted by Crippen LogP contribution is 2.25. The number of ether oxygens (including phenoxy) is 1. The first-order valence-corrected chi connectivity index (χ1v) is 10.0. The number of benzene rings is 2. The lowest BCUT2D eigenvalue weighted by atomic mass is 10.2. The molecule has 5 nitrogen and oxygen atoms in total. The van der Waals surface area contributed by atoms with Gasteiger partial charge in [0.2, 0.25) is 5.43 Å². The Kier molecular flexibility index (Phi) is 5.26. The van der Waals surface area contributed by atoms with Gasteiger partial charge in [-0.2, -0.15) is 0 Å². The van der Waals surface area contributed by atoms with E-state index in [1.54, 1.807) is 35.9 Å². The summed E-state index contributed by atoms with van der Waals surface area (Å²) in [6.07, 6.45) is 0.634. The van der Waals surface area contributed by atoms with Crippen molar-refractivity contribution in [1.29, 1.82) is 0 Å². The largest absolute Gasteiger partial charge is 0.385 e. The second-order valence-electron chi connectivity index (χ2n) is 6.35. The molecule has 2 aromatic carbocycles. The molecule has 0 saturated carbocycles. The summed E-state index contributed by atoms with van der Waals surface area (Å²) in [5.74, 6) is 0.524. The van der Waals surface area contributed by atoms with Crippen molar-refractivity contribution in [1.82, 2.24) is 9.55 Å². The quantitative estimate of drug-likeness (QED) is 0.361. The molecule has 7 heteroatoms. The average molecular weight is 413 g/mol. The maximum atomic E-state index is 13.3. The SMILES string of the molecule is COCCCn1c(-c2ccc(Cl)cc2)nc2sc3ccccc3c(=O)c2c1=O. The van der Waals surface area contributed by atoms with Gasteiger partial charge in [-0.15, -0.1) is 11.3 Å². The molecule has 0 saturated heterocycles. The molecule has 0 radical (unpaired) electrons. The van der Waals surface area contributed by atoms with Crippen molar-refractivity contribution in [2.75, 3.05) is 13.7 Å². The van der Waals surface area contributed by atoms with Gasteiger partial charge in [-0.1, -0.05) is 23.7 Å². The summed E-state index contributed by atoms with van der Waals surface area (Å²) in [6, 6.07) is 14.5.